The molecule has 0 radical (unpaired) electrons. The van der Waals surface area contributed by atoms with Gasteiger partial charge < -0.3 is 15.0 Å². The minimum atomic E-state index is 0. The summed E-state index contributed by atoms with van der Waals surface area (Å²) < 4.78 is 0. The topological polar surface area (TPSA) is 38.7 Å². The Kier molecular flexibility index (Phi) is 30.4. The number of hydrogen-bond acceptors (Lipinski definition) is 3. The van der Waals surface area contributed by atoms with Crippen LogP contribution in [-0.2, 0) is 36.4 Å². The normalized spacial score (nSPS) is 13.2. The quantitative estimate of drug-likeness (QED) is 0.0290. The SMILES string of the molecule is CCCCCCC1(CCCCCC)c2ccccc2-c2ccc(-c3ccc(-c4[c-]cccc4)nc3)cc21.CCCCCCC1(CCCCCC)c2ccccc2-c2ccc(-c3ccc(-c4[c-]cccc4)nc3)cc21.CCCCCCC1(CCCCCC)c2ccccc2-c2ccc(-c3ccc(-c4[c-]cccc4)nc3)cc21.[Ir+3]. The second kappa shape index (κ2) is 41.2. The Labute approximate surface area is 687 Å². The molecule has 3 nitrogen and oxygen atoms in total. The van der Waals surface area contributed by atoms with Gasteiger partial charge in [0.2, 0.25) is 0 Å². The van der Waals surface area contributed by atoms with Crippen LogP contribution in [0.2, 0.25) is 0 Å². The van der Waals surface area contributed by atoms with Crippen LogP contribution < -0.4 is 0 Å². The van der Waals surface area contributed by atoms with Crippen LogP contribution in [-0.4, -0.2) is 15.0 Å². The van der Waals surface area contributed by atoms with Crippen LogP contribution in [0.3, 0.4) is 0 Å². The van der Waals surface area contributed by atoms with Crippen molar-refractivity contribution in [3.05, 3.63) is 307 Å². The van der Waals surface area contributed by atoms with E-state index in [1.807, 2.05) is 73.2 Å². The fourth-order valence-electron chi connectivity index (χ4n) is 18.8. The zero-order valence-electron chi connectivity index (χ0n) is 68.1. The standard InChI is InChI=1S/3C36H40N.Ir/c3*1-3-5-7-14-24-36(25-15-8-6-4-2)33-19-13-12-18-31(33)32-22-20-29(26-34(32)36)30-21-23-35(37-27-30)28-16-10-9-11-17-28;/h3*9-13,16,18-23,26-27H,3-8,14-15,24-25H2,1-2H3;/q3*-1;+3. The van der Waals surface area contributed by atoms with Gasteiger partial charge in [-0.1, -0.05) is 341 Å². The van der Waals surface area contributed by atoms with Crippen LogP contribution in [0.1, 0.15) is 268 Å². The summed E-state index contributed by atoms with van der Waals surface area (Å²) in [5.74, 6) is 0. The molecule has 15 rings (SSSR count). The van der Waals surface area contributed by atoms with Crippen LogP contribution in [0.5, 0.6) is 0 Å². The van der Waals surface area contributed by atoms with E-state index in [1.54, 1.807) is 33.4 Å². The van der Waals surface area contributed by atoms with E-state index in [0.717, 1.165) is 33.8 Å². The minimum absolute atomic E-state index is 0. The van der Waals surface area contributed by atoms with Gasteiger partial charge in [0.15, 0.2) is 0 Å². The molecule has 112 heavy (non-hydrogen) atoms. The van der Waals surface area contributed by atoms with Crippen LogP contribution in [0.25, 0.3) is 101 Å². The maximum absolute atomic E-state index is 4.80. The van der Waals surface area contributed by atoms with Crippen molar-refractivity contribution in [1.29, 1.82) is 0 Å². The van der Waals surface area contributed by atoms with Gasteiger partial charge in [0, 0.05) is 34.8 Å². The first kappa shape index (κ1) is 82.5. The van der Waals surface area contributed by atoms with Gasteiger partial charge in [-0.25, -0.2) is 0 Å². The van der Waals surface area contributed by atoms with E-state index in [2.05, 4.69) is 242 Å². The molecule has 9 aromatic carbocycles. The molecule has 0 amide bonds. The van der Waals surface area contributed by atoms with Gasteiger partial charge in [-0.3, -0.25) is 0 Å². The molecule has 3 aliphatic carbocycles. The zero-order chi connectivity index (χ0) is 76.5. The van der Waals surface area contributed by atoms with Crippen molar-refractivity contribution in [2.45, 2.75) is 250 Å². The van der Waals surface area contributed by atoms with Gasteiger partial charge in [0.05, 0.1) is 0 Å². The number of rotatable bonds is 36. The molecule has 12 aromatic rings. The molecular weight excluding hydrogens is 1530 g/mol. The summed E-state index contributed by atoms with van der Waals surface area (Å²) in [7, 11) is 0. The Bertz CT molecular complexity index is 4320. The Morgan fingerprint density at radius 3 is 0.679 bits per heavy atom. The molecular formula is C108H120IrN3. The van der Waals surface area contributed by atoms with E-state index >= 15 is 0 Å². The van der Waals surface area contributed by atoms with Crippen LogP contribution >= 0.6 is 0 Å². The van der Waals surface area contributed by atoms with Crippen molar-refractivity contribution in [2.24, 2.45) is 0 Å². The summed E-state index contributed by atoms with van der Waals surface area (Å²) >= 11 is 0. The van der Waals surface area contributed by atoms with E-state index in [0.29, 0.717) is 0 Å². The second-order valence-electron chi connectivity index (χ2n) is 32.2. The van der Waals surface area contributed by atoms with Gasteiger partial charge in [0.25, 0.3) is 0 Å². The van der Waals surface area contributed by atoms with Gasteiger partial charge >= 0.3 is 20.1 Å². The molecule has 576 valence electrons. The molecule has 0 bridgehead atoms. The first-order valence-corrected chi connectivity index (χ1v) is 43.3. The monoisotopic (exact) mass is 1650 g/mol. The Morgan fingerprint density at radius 1 is 0.223 bits per heavy atom. The molecule has 0 saturated carbocycles. The average Bonchev–Trinajstić information content (AvgIpc) is 1.58. The van der Waals surface area contributed by atoms with Crippen molar-refractivity contribution in [3.63, 3.8) is 0 Å². The molecule has 0 unspecified atom stereocenters. The van der Waals surface area contributed by atoms with Crippen molar-refractivity contribution in [1.82, 2.24) is 15.0 Å². The molecule has 0 aliphatic heterocycles. The average molecular weight is 1650 g/mol. The van der Waals surface area contributed by atoms with Gasteiger partial charge in [-0.2, -0.15) is 0 Å². The second-order valence-corrected chi connectivity index (χ2v) is 32.2. The number of nitrogens with zero attached hydrogens (tertiary/aromatic N) is 3. The van der Waals surface area contributed by atoms with E-state index in [-0.39, 0.29) is 36.4 Å². The molecule has 0 saturated heterocycles. The predicted octanol–water partition coefficient (Wildman–Crippen LogP) is 31.3. The minimum Gasteiger partial charge on any atom is -0.304 e. The van der Waals surface area contributed by atoms with E-state index in [1.165, 1.54) is 259 Å². The largest absolute Gasteiger partial charge is 3.00 e. The third kappa shape index (κ3) is 19.0. The molecule has 3 heterocycles. The summed E-state index contributed by atoms with van der Waals surface area (Å²) in [5.41, 5.74) is 31.7. The Balaban J connectivity index is 0.000000155. The summed E-state index contributed by atoms with van der Waals surface area (Å²) in [6.07, 6.45) is 45.0. The predicted molar refractivity (Wildman–Crippen MR) is 473 cm³/mol. The summed E-state index contributed by atoms with van der Waals surface area (Å²) in [6.45, 7) is 13.8. The van der Waals surface area contributed by atoms with Crippen LogP contribution in [0, 0.1) is 18.2 Å². The molecule has 3 aliphatic rings. The van der Waals surface area contributed by atoms with Crippen molar-refractivity contribution >= 4 is 0 Å². The van der Waals surface area contributed by atoms with Gasteiger partial charge in [0.1, 0.15) is 0 Å². The number of unbranched alkanes of at least 4 members (excludes halogenated alkanes) is 18. The molecule has 0 N–H and O–H groups in total. The molecule has 0 spiro atoms. The number of pyridine rings is 3. The van der Waals surface area contributed by atoms with E-state index < -0.39 is 0 Å². The fraction of sp³-hybridized carbons (Fsp3) is 0.361. The smallest absolute Gasteiger partial charge is 0.304 e. The Morgan fingerprint density at radius 2 is 0.455 bits per heavy atom. The fourth-order valence-corrected chi connectivity index (χ4v) is 18.8. The maximum atomic E-state index is 4.80. The number of benzene rings is 9. The number of fused-ring (bicyclic) bond motifs is 9. The van der Waals surface area contributed by atoms with Crippen molar-refractivity contribution in [2.75, 3.05) is 0 Å². The summed E-state index contributed by atoms with van der Waals surface area (Å²) in [4.78, 5) is 14.4. The van der Waals surface area contributed by atoms with E-state index in [4.69, 9.17) is 15.0 Å². The van der Waals surface area contributed by atoms with E-state index in [9.17, 15) is 0 Å². The molecule has 3 aromatic heterocycles. The summed E-state index contributed by atoms with van der Waals surface area (Å²) in [6, 6.07) is 96.3. The maximum Gasteiger partial charge on any atom is 3.00 e. The molecule has 4 heteroatoms. The van der Waals surface area contributed by atoms with Crippen LogP contribution in [0.15, 0.2) is 255 Å². The zero-order valence-corrected chi connectivity index (χ0v) is 70.5. The third-order valence-corrected chi connectivity index (χ3v) is 24.8. The molecule has 0 atom stereocenters. The number of hydrogen-bond donors (Lipinski definition) is 0. The van der Waals surface area contributed by atoms with Crippen LogP contribution in [0.4, 0.5) is 0 Å². The molecule has 0 fully saturated rings. The van der Waals surface area contributed by atoms with Crippen molar-refractivity contribution in [3.8, 4) is 101 Å². The van der Waals surface area contributed by atoms with Gasteiger partial charge in [-0.05, 0) is 174 Å². The van der Waals surface area contributed by atoms with Gasteiger partial charge in [-0.15, -0.1) is 108 Å². The van der Waals surface area contributed by atoms with Crippen molar-refractivity contribution < 1.29 is 20.1 Å². The third-order valence-electron chi connectivity index (χ3n) is 24.8. The Hall–Kier alpha value is -8.92. The number of aromatic nitrogens is 3. The first-order chi connectivity index (χ1) is 54.8. The first-order valence-electron chi connectivity index (χ1n) is 43.3. The summed E-state index contributed by atoms with van der Waals surface area (Å²) in [5, 5.41) is 0.